The molecule has 1 atom stereocenters. The van der Waals surface area contributed by atoms with Gasteiger partial charge in [-0.2, -0.15) is 4.98 Å². The van der Waals surface area contributed by atoms with Crippen LogP contribution in [0.5, 0.6) is 0 Å². The maximum Gasteiger partial charge on any atom is 0.335 e. The highest BCUT2D eigenvalue weighted by Gasteiger charge is 2.14. The van der Waals surface area contributed by atoms with Crippen LogP contribution in [0.1, 0.15) is 34.0 Å². The number of hydrogen-bond donors (Lipinski definition) is 2. The SMILES string of the molecule is Cc1csc(C(C)Nc2nc3ccc(C(=O)O)cc3o2)n1. The monoisotopic (exact) mass is 303 g/mol. The predicted molar refractivity (Wildman–Crippen MR) is 79.9 cm³/mol. The van der Waals surface area contributed by atoms with Crippen LogP contribution in [-0.2, 0) is 0 Å². The lowest BCUT2D eigenvalue weighted by Gasteiger charge is -2.07. The van der Waals surface area contributed by atoms with E-state index < -0.39 is 5.97 Å². The number of aromatic nitrogens is 2. The number of hydrogen-bond acceptors (Lipinski definition) is 6. The van der Waals surface area contributed by atoms with Gasteiger partial charge in [0.15, 0.2) is 5.58 Å². The van der Waals surface area contributed by atoms with E-state index in [9.17, 15) is 4.79 Å². The highest BCUT2D eigenvalue weighted by molar-refractivity contribution is 7.09. The third-order valence-corrected chi connectivity index (χ3v) is 4.13. The number of nitrogens with one attached hydrogen (secondary N) is 1. The van der Waals surface area contributed by atoms with Crippen molar-refractivity contribution in [3.8, 4) is 0 Å². The first-order chi connectivity index (χ1) is 10.0. The molecule has 0 bridgehead atoms. The zero-order chi connectivity index (χ0) is 15.0. The molecule has 2 heterocycles. The Hall–Kier alpha value is -2.41. The van der Waals surface area contributed by atoms with Crippen molar-refractivity contribution < 1.29 is 14.3 Å². The molecule has 1 aromatic carbocycles. The van der Waals surface area contributed by atoms with Gasteiger partial charge in [0, 0.05) is 11.1 Å². The minimum Gasteiger partial charge on any atom is -0.478 e. The number of aromatic carboxylic acids is 1. The minimum atomic E-state index is -0.991. The van der Waals surface area contributed by atoms with Gasteiger partial charge in [0.05, 0.1) is 11.6 Å². The van der Waals surface area contributed by atoms with E-state index in [0.717, 1.165) is 10.7 Å². The first-order valence-corrected chi connectivity index (χ1v) is 7.23. The fourth-order valence-electron chi connectivity index (χ4n) is 1.94. The molecule has 108 valence electrons. The standard InChI is InChI=1S/C14H13N3O3S/c1-7-6-21-12(15-7)8(2)16-14-17-10-4-3-9(13(18)19)5-11(10)20-14/h3-6,8H,1-2H3,(H,16,17)(H,18,19). The van der Waals surface area contributed by atoms with Crippen molar-refractivity contribution in [2.45, 2.75) is 19.9 Å². The number of rotatable bonds is 4. The van der Waals surface area contributed by atoms with Gasteiger partial charge in [0.1, 0.15) is 10.5 Å². The number of carboxylic acid groups (broad SMARTS) is 1. The third kappa shape index (κ3) is 2.73. The van der Waals surface area contributed by atoms with Gasteiger partial charge in [-0.25, -0.2) is 9.78 Å². The summed E-state index contributed by atoms with van der Waals surface area (Å²) < 4.78 is 5.55. The summed E-state index contributed by atoms with van der Waals surface area (Å²) in [5.41, 5.74) is 2.21. The van der Waals surface area contributed by atoms with E-state index in [-0.39, 0.29) is 11.6 Å². The fraction of sp³-hybridized carbons (Fsp3) is 0.214. The number of thiazole rings is 1. The summed E-state index contributed by atoms with van der Waals surface area (Å²) in [6, 6.07) is 4.92. The highest BCUT2D eigenvalue weighted by Crippen LogP contribution is 2.25. The van der Waals surface area contributed by atoms with E-state index in [2.05, 4.69) is 15.3 Å². The van der Waals surface area contributed by atoms with Gasteiger partial charge in [-0.15, -0.1) is 11.3 Å². The van der Waals surface area contributed by atoms with Crippen molar-refractivity contribution in [3.63, 3.8) is 0 Å². The number of carbonyl (C=O) groups is 1. The lowest BCUT2D eigenvalue weighted by Crippen LogP contribution is -2.06. The maximum atomic E-state index is 10.9. The van der Waals surface area contributed by atoms with Crippen LogP contribution in [0.15, 0.2) is 28.0 Å². The number of anilines is 1. The zero-order valence-electron chi connectivity index (χ0n) is 11.5. The van der Waals surface area contributed by atoms with E-state index in [1.54, 1.807) is 17.4 Å². The minimum absolute atomic E-state index is 0.0318. The summed E-state index contributed by atoms with van der Waals surface area (Å²) in [5.74, 6) is -0.991. The first-order valence-electron chi connectivity index (χ1n) is 6.35. The van der Waals surface area contributed by atoms with Gasteiger partial charge in [0.25, 0.3) is 6.01 Å². The normalized spacial score (nSPS) is 12.5. The molecule has 0 saturated heterocycles. The second-order valence-electron chi connectivity index (χ2n) is 4.70. The molecule has 1 unspecified atom stereocenters. The summed E-state index contributed by atoms with van der Waals surface area (Å²) >= 11 is 1.57. The van der Waals surface area contributed by atoms with Crippen molar-refractivity contribution in [1.29, 1.82) is 0 Å². The van der Waals surface area contributed by atoms with Crippen molar-refractivity contribution in [2.75, 3.05) is 5.32 Å². The van der Waals surface area contributed by atoms with Crippen LogP contribution in [0, 0.1) is 6.92 Å². The molecule has 7 heteroatoms. The second kappa shape index (κ2) is 5.17. The number of aryl methyl sites for hydroxylation is 1. The molecule has 0 aliphatic rings. The Morgan fingerprint density at radius 2 is 2.24 bits per heavy atom. The average Bonchev–Trinajstić information content (AvgIpc) is 3.03. The fourth-order valence-corrected chi connectivity index (χ4v) is 2.74. The first kappa shape index (κ1) is 13.6. The molecule has 0 spiro atoms. The summed E-state index contributed by atoms with van der Waals surface area (Å²) in [7, 11) is 0. The van der Waals surface area contributed by atoms with Crippen LogP contribution < -0.4 is 5.32 Å². The molecule has 3 aromatic rings. The number of oxazole rings is 1. The molecule has 6 nitrogen and oxygen atoms in total. The van der Waals surface area contributed by atoms with Crippen LogP contribution in [0.2, 0.25) is 0 Å². The molecule has 0 radical (unpaired) electrons. The Balaban J connectivity index is 1.85. The van der Waals surface area contributed by atoms with Crippen molar-refractivity contribution in [2.24, 2.45) is 0 Å². The molecule has 0 amide bonds. The number of carboxylic acids is 1. The van der Waals surface area contributed by atoms with Gasteiger partial charge in [-0.05, 0) is 32.0 Å². The van der Waals surface area contributed by atoms with Gasteiger partial charge in [-0.3, -0.25) is 0 Å². The summed E-state index contributed by atoms with van der Waals surface area (Å²) in [6.07, 6.45) is 0. The van der Waals surface area contributed by atoms with Crippen molar-refractivity contribution in [1.82, 2.24) is 9.97 Å². The molecule has 0 aliphatic carbocycles. The van der Waals surface area contributed by atoms with E-state index in [4.69, 9.17) is 9.52 Å². The number of fused-ring (bicyclic) bond motifs is 1. The molecule has 3 rings (SSSR count). The van der Waals surface area contributed by atoms with E-state index in [1.165, 1.54) is 12.1 Å². The largest absolute Gasteiger partial charge is 0.478 e. The third-order valence-electron chi connectivity index (χ3n) is 2.98. The number of nitrogens with zero attached hydrogens (tertiary/aromatic N) is 2. The van der Waals surface area contributed by atoms with Gasteiger partial charge >= 0.3 is 5.97 Å². The lowest BCUT2D eigenvalue weighted by molar-refractivity contribution is 0.0697. The molecule has 21 heavy (non-hydrogen) atoms. The molecule has 2 N–H and O–H groups in total. The second-order valence-corrected chi connectivity index (χ2v) is 5.59. The topological polar surface area (TPSA) is 88.2 Å². The maximum absolute atomic E-state index is 10.9. The average molecular weight is 303 g/mol. The van der Waals surface area contributed by atoms with Crippen LogP contribution in [0.4, 0.5) is 6.01 Å². The summed E-state index contributed by atoms with van der Waals surface area (Å²) in [4.78, 5) is 19.6. The molecule has 0 saturated carbocycles. The van der Waals surface area contributed by atoms with Gasteiger partial charge in [0.2, 0.25) is 0 Å². The Labute approximate surface area is 124 Å². The van der Waals surface area contributed by atoms with E-state index in [1.807, 2.05) is 19.2 Å². The van der Waals surface area contributed by atoms with E-state index >= 15 is 0 Å². The predicted octanol–water partition coefficient (Wildman–Crippen LogP) is 3.46. The van der Waals surface area contributed by atoms with Crippen LogP contribution >= 0.6 is 11.3 Å². The highest BCUT2D eigenvalue weighted by atomic mass is 32.1. The quantitative estimate of drug-likeness (QED) is 0.767. The van der Waals surface area contributed by atoms with E-state index in [0.29, 0.717) is 17.1 Å². The molecule has 2 aromatic heterocycles. The zero-order valence-corrected chi connectivity index (χ0v) is 12.3. The van der Waals surface area contributed by atoms with Crippen LogP contribution in [-0.4, -0.2) is 21.0 Å². The molecular weight excluding hydrogens is 290 g/mol. The van der Waals surface area contributed by atoms with Crippen molar-refractivity contribution in [3.05, 3.63) is 39.8 Å². The lowest BCUT2D eigenvalue weighted by atomic mass is 10.2. The van der Waals surface area contributed by atoms with Crippen molar-refractivity contribution >= 4 is 34.4 Å². The Kier molecular flexibility index (Phi) is 3.34. The Bertz CT molecular complexity index is 809. The molecule has 0 aliphatic heterocycles. The van der Waals surface area contributed by atoms with Crippen LogP contribution in [0.25, 0.3) is 11.1 Å². The smallest absolute Gasteiger partial charge is 0.335 e. The number of benzene rings is 1. The Morgan fingerprint density at radius 3 is 2.90 bits per heavy atom. The Morgan fingerprint density at radius 1 is 1.43 bits per heavy atom. The molecule has 0 fully saturated rings. The summed E-state index contributed by atoms with van der Waals surface area (Å²) in [6.45, 7) is 3.91. The van der Waals surface area contributed by atoms with Gasteiger partial charge in [-0.1, -0.05) is 0 Å². The van der Waals surface area contributed by atoms with Gasteiger partial charge < -0.3 is 14.8 Å². The van der Waals surface area contributed by atoms with Crippen LogP contribution in [0.3, 0.4) is 0 Å². The summed E-state index contributed by atoms with van der Waals surface area (Å²) in [5, 5.41) is 15.0. The molecular formula is C14H13N3O3S.